The molecule has 0 aliphatic rings. The number of esters is 1. The highest BCUT2D eigenvalue weighted by molar-refractivity contribution is 6.01. The first kappa shape index (κ1) is 17.5. The smallest absolute Gasteiger partial charge is 0.344 e. The molecule has 1 heterocycles. The summed E-state index contributed by atoms with van der Waals surface area (Å²) in [5.74, 6) is -3.13. The monoisotopic (exact) mass is 357 g/mol. The second-order valence-electron chi connectivity index (χ2n) is 5.45. The van der Waals surface area contributed by atoms with Gasteiger partial charge in [-0.15, -0.1) is 0 Å². The second-order valence-corrected chi connectivity index (χ2v) is 5.45. The van der Waals surface area contributed by atoms with E-state index in [9.17, 15) is 18.4 Å². The van der Waals surface area contributed by atoms with Crippen LogP contribution in [0.4, 0.5) is 8.78 Å². The van der Waals surface area contributed by atoms with Crippen molar-refractivity contribution in [2.24, 2.45) is 0 Å². The van der Waals surface area contributed by atoms with Crippen molar-refractivity contribution in [2.75, 3.05) is 6.61 Å². The number of aromatic nitrogens is 1. The van der Waals surface area contributed by atoms with Crippen molar-refractivity contribution >= 4 is 11.8 Å². The van der Waals surface area contributed by atoms with Crippen molar-refractivity contribution in [3.05, 3.63) is 77.1 Å². The number of hydrogen-bond donors (Lipinski definition) is 0. The van der Waals surface area contributed by atoms with E-state index in [1.807, 2.05) is 0 Å². The Kier molecular flexibility index (Phi) is 4.88. The van der Waals surface area contributed by atoms with Crippen molar-refractivity contribution in [3.8, 4) is 11.3 Å². The van der Waals surface area contributed by atoms with Crippen molar-refractivity contribution in [1.82, 2.24) is 5.16 Å². The molecule has 0 fully saturated rings. The highest BCUT2D eigenvalue weighted by Gasteiger charge is 2.24. The Bertz CT molecular complexity index is 967. The number of aryl methyl sites for hydroxylation is 1. The van der Waals surface area contributed by atoms with E-state index in [1.165, 1.54) is 6.92 Å². The van der Waals surface area contributed by atoms with Crippen LogP contribution in [0.2, 0.25) is 0 Å². The van der Waals surface area contributed by atoms with E-state index in [2.05, 4.69) is 5.16 Å². The summed E-state index contributed by atoms with van der Waals surface area (Å²) in [4.78, 5) is 24.4. The summed E-state index contributed by atoms with van der Waals surface area (Å²) >= 11 is 0. The molecule has 0 saturated heterocycles. The minimum Gasteiger partial charge on any atom is -0.454 e. The summed E-state index contributed by atoms with van der Waals surface area (Å²) in [6, 6.07) is 11.3. The zero-order valence-electron chi connectivity index (χ0n) is 13.7. The molecule has 0 N–H and O–H groups in total. The van der Waals surface area contributed by atoms with Gasteiger partial charge < -0.3 is 9.26 Å². The zero-order valence-corrected chi connectivity index (χ0v) is 13.7. The summed E-state index contributed by atoms with van der Waals surface area (Å²) in [5, 5.41) is 3.85. The number of ether oxygens (including phenoxy) is 1. The van der Waals surface area contributed by atoms with Crippen LogP contribution in [0.15, 0.2) is 53.1 Å². The average molecular weight is 357 g/mol. The fourth-order valence-electron chi connectivity index (χ4n) is 2.40. The van der Waals surface area contributed by atoms with E-state index in [0.29, 0.717) is 5.56 Å². The van der Waals surface area contributed by atoms with Crippen LogP contribution in [-0.4, -0.2) is 23.5 Å². The Hall–Kier alpha value is -3.35. The molecule has 5 nitrogen and oxygen atoms in total. The van der Waals surface area contributed by atoms with E-state index in [4.69, 9.17) is 9.26 Å². The molecule has 0 saturated carbocycles. The van der Waals surface area contributed by atoms with Gasteiger partial charge in [0.05, 0.1) is 5.56 Å². The third-order valence-electron chi connectivity index (χ3n) is 3.68. The number of halogens is 2. The molecule has 0 bridgehead atoms. The summed E-state index contributed by atoms with van der Waals surface area (Å²) in [5.41, 5.74) is 0.503. The van der Waals surface area contributed by atoms with Gasteiger partial charge in [0.15, 0.2) is 6.61 Å². The molecule has 7 heteroatoms. The fourth-order valence-corrected chi connectivity index (χ4v) is 2.40. The lowest BCUT2D eigenvalue weighted by molar-refractivity contribution is 0.0472. The van der Waals surface area contributed by atoms with Gasteiger partial charge >= 0.3 is 5.97 Å². The topological polar surface area (TPSA) is 69.4 Å². The Morgan fingerprint density at radius 2 is 1.85 bits per heavy atom. The van der Waals surface area contributed by atoms with Crippen LogP contribution in [0.5, 0.6) is 0 Å². The van der Waals surface area contributed by atoms with Crippen molar-refractivity contribution < 1.29 is 27.6 Å². The number of ketones is 1. The third-order valence-corrected chi connectivity index (χ3v) is 3.68. The molecule has 0 atom stereocenters. The van der Waals surface area contributed by atoms with Crippen molar-refractivity contribution in [3.63, 3.8) is 0 Å². The van der Waals surface area contributed by atoms with Crippen molar-refractivity contribution in [1.29, 1.82) is 0 Å². The Balaban J connectivity index is 1.78. The lowest BCUT2D eigenvalue weighted by atomic mass is 10.1. The Morgan fingerprint density at radius 3 is 2.58 bits per heavy atom. The summed E-state index contributed by atoms with van der Waals surface area (Å²) in [6.45, 7) is 0.794. The van der Waals surface area contributed by atoms with E-state index in [1.54, 1.807) is 30.3 Å². The molecule has 2 aromatic carbocycles. The minimum atomic E-state index is -0.890. The normalized spacial score (nSPS) is 10.6. The van der Waals surface area contributed by atoms with E-state index >= 15 is 0 Å². The largest absolute Gasteiger partial charge is 0.454 e. The SMILES string of the molecule is Cc1onc(-c2ccccc2)c1C(=O)OCC(=O)c1cc(F)ccc1F. The molecule has 26 heavy (non-hydrogen) atoms. The summed E-state index contributed by atoms with van der Waals surface area (Å²) in [6.07, 6.45) is 0. The van der Waals surface area contributed by atoms with Crippen LogP contribution in [-0.2, 0) is 4.74 Å². The molecule has 132 valence electrons. The van der Waals surface area contributed by atoms with Crippen LogP contribution >= 0.6 is 0 Å². The molecule has 0 radical (unpaired) electrons. The number of nitrogens with zero attached hydrogens (tertiary/aromatic N) is 1. The maximum absolute atomic E-state index is 13.6. The number of carbonyl (C=O) groups excluding carboxylic acids is 2. The number of carbonyl (C=O) groups is 2. The van der Waals surface area contributed by atoms with Gasteiger partial charge in [0.25, 0.3) is 0 Å². The average Bonchev–Trinajstić information content (AvgIpc) is 3.03. The van der Waals surface area contributed by atoms with Gasteiger partial charge in [-0.2, -0.15) is 0 Å². The molecule has 1 aromatic heterocycles. The second kappa shape index (κ2) is 7.26. The summed E-state index contributed by atoms with van der Waals surface area (Å²) < 4.78 is 36.8. The Morgan fingerprint density at radius 1 is 1.12 bits per heavy atom. The third kappa shape index (κ3) is 3.51. The molecule has 3 rings (SSSR count). The Labute approximate surface area is 147 Å². The standard InChI is InChI=1S/C19H13F2NO4/c1-11-17(18(22-26-11)12-5-3-2-4-6-12)19(24)25-10-16(23)14-9-13(20)7-8-15(14)21/h2-9H,10H2,1H3. The van der Waals surface area contributed by atoms with Crippen LogP contribution < -0.4 is 0 Å². The molecule has 0 aliphatic heterocycles. The number of Topliss-reactive ketones (excluding diaryl/α,β-unsaturated/α-hetero) is 1. The predicted octanol–water partition coefficient (Wildman–Crippen LogP) is 3.97. The predicted molar refractivity (Wildman–Crippen MR) is 87.6 cm³/mol. The highest BCUT2D eigenvalue weighted by atomic mass is 19.1. The van der Waals surface area contributed by atoms with Gasteiger partial charge in [-0.25, -0.2) is 13.6 Å². The first-order valence-corrected chi connectivity index (χ1v) is 7.64. The maximum atomic E-state index is 13.6. The molecule has 0 amide bonds. The van der Waals surface area contributed by atoms with E-state index in [-0.39, 0.29) is 17.0 Å². The van der Waals surface area contributed by atoms with Crippen LogP contribution in [0.3, 0.4) is 0 Å². The van der Waals surface area contributed by atoms with Gasteiger partial charge in [0, 0.05) is 5.56 Å². The van der Waals surface area contributed by atoms with Gasteiger partial charge in [0.1, 0.15) is 28.7 Å². The maximum Gasteiger partial charge on any atom is 0.344 e. The van der Waals surface area contributed by atoms with E-state index in [0.717, 1.165) is 18.2 Å². The molecule has 0 spiro atoms. The van der Waals surface area contributed by atoms with Crippen LogP contribution in [0, 0.1) is 18.6 Å². The molecular formula is C19H13F2NO4. The van der Waals surface area contributed by atoms with Gasteiger partial charge in [0.2, 0.25) is 5.78 Å². The van der Waals surface area contributed by atoms with Crippen molar-refractivity contribution in [2.45, 2.75) is 6.92 Å². The molecule has 0 aliphatic carbocycles. The zero-order chi connectivity index (χ0) is 18.7. The number of hydrogen-bond acceptors (Lipinski definition) is 5. The number of benzene rings is 2. The van der Waals surface area contributed by atoms with Gasteiger partial charge in [-0.3, -0.25) is 4.79 Å². The van der Waals surface area contributed by atoms with Gasteiger partial charge in [-0.05, 0) is 25.1 Å². The molecular weight excluding hydrogens is 344 g/mol. The van der Waals surface area contributed by atoms with E-state index < -0.39 is 35.6 Å². The quantitative estimate of drug-likeness (QED) is 0.510. The first-order chi connectivity index (χ1) is 12.5. The lowest BCUT2D eigenvalue weighted by Gasteiger charge is -2.06. The summed E-state index contributed by atoms with van der Waals surface area (Å²) in [7, 11) is 0. The van der Waals surface area contributed by atoms with Crippen LogP contribution in [0.1, 0.15) is 26.5 Å². The minimum absolute atomic E-state index is 0.0729. The fraction of sp³-hybridized carbons (Fsp3) is 0.105. The lowest BCUT2D eigenvalue weighted by Crippen LogP contribution is -2.16. The first-order valence-electron chi connectivity index (χ1n) is 7.64. The van der Waals surface area contributed by atoms with Crippen LogP contribution in [0.25, 0.3) is 11.3 Å². The van der Waals surface area contributed by atoms with Gasteiger partial charge in [-0.1, -0.05) is 35.5 Å². The number of rotatable bonds is 5. The molecule has 3 aromatic rings. The highest BCUT2D eigenvalue weighted by Crippen LogP contribution is 2.25. The molecule has 0 unspecified atom stereocenters.